The fourth-order valence-electron chi connectivity index (χ4n) is 2.36. The van der Waals surface area contributed by atoms with Gasteiger partial charge in [0.1, 0.15) is 11.5 Å². The summed E-state index contributed by atoms with van der Waals surface area (Å²) in [6.07, 6.45) is 2.16. The predicted molar refractivity (Wildman–Crippen MR) is 83.2 cm³/mol. The summed E-state index contributed by atoms with van der Waals surface area (Å²) in [5.74, 6) is 2.70. The molecule has 120 valence electrons. The first kappa shape index (κ1) is 16.5. The lowest BCUT2D eigenvalue weighted by Gasteiger charge is -2.27. The molecule has 21 heavy (non-hydrogen) atoms. The van der Waals surface area contributed by atoms with E-state index in [-0.39, 0.29) is 5.60 Å². The molecule has 1 unspecified atom stereocenters. The molecule has 0 radical (unpaired) electrons. The first-order valence-corrected chi connectivity index (χ1v) is 7.91. The topological polar surface area (TPSA) is 45.8 Å². The van der Waals surface area contributed by atoms with E-state index in [9.17, 15) is 5.11 Å². The van der Waals surface area contributed by atoms with E-state index >= 15 is 0 Å². The average Bonchev–Trinajstić information content (AvgIpc) is 3.08. The molecule has 0 amide bonds. The van der Waals surface area contributed by atoms with Crippen molar-refractivity contribution in [3.05, 3.63) is 23.7 Å². The number of nitrogens with zero attached hydrogens (tertiary/aromatic N) is 1. The molecular formula is C17H29NO3. The van der Waals surface area contributed by atoms with Crippen LogP contribution >= 0.6 is 0 Å². The summed E-state index contributed by atoms with van der Waals surface area (Å²) in [6.45, 7) is 10.8. The molecule has 0 spiro atoms. The molecule has 4 nitrogen and oxygen atoms in total. The average molecular weight is 295 g/mol. The Morgan fingerprint density at radius 3 is 2.62 bits per heavy atom. The molecule has 1 aliphatic carbocycles. The van der Waals surface area contributed by atoms with Crippen LogP contribution in [-0.4, -0.2) is 41.4 Å². The Morgan fingerprint density at radius 2 is 2.10 bits per heavy atom. The molecule has 0 aromatic carbocycles. The summed E-state index contributed by atoms with van der Waals surface area (Å²) in [4.78, 5) is 2.28. The third-order valence-electron chi connectivity index (χ3n) is 3.57. The van der Waals surface area contributed by atoms with Crippen LogP contribution in [0.5, 0.6) is 0 Å². The van der Waals surface area contributed by atoms with Crippen LogP contribution < -0.4 is 0 Å². The van der Waals surface area contributed by atoms with Gasteiger partial charge in [-0.2, -0.15) is 0 Å². The molecule has 0 aliphatic heterocycles. The van der Waals surface area contributed by atoms with E-state index in [2.05, 4.69) is 4.90 Å². The third kappa shape index (κ3) is 6.64. The molecule has 1 aliphatic rings. The summed E-state index contributed by atoms with van der Waals surface area (Å²) in [5, 5.41) is 10.2. The van der Waals surface area contributed by atoms with E-state index in [0.717, 1.165) is 30.5 Å². The zero-order valence-electron chi connectivity index (χ0n) is 13.8. The van der Waals surface area contributed by atoms with Crippen LogP contribution in [0.3, 0.4) is 0 Å². The van der Waals surface area contributed by atoms with E-state index < -0.39 is 6.10 Å². The second-order valence-corrected chi connectivity index (χ2v) is 7.23. The molecule has 1 heterocycles. The summed E-state index contributed by atoms with van der Waals surface area (Å²) < 4.78 is 11.3. The van der Waals surface area contributed by atoms with Crippen molar-refractivity contribution in [2.75, 3.05) is 19.7 Å². The number of furan rings is 1. The molecule has 1 saturated carbocycles. The van der Waals surface area contributed by atoms with Gasteiger partial charge < -0.3 is 14.3 Å². The number of ether oxygens (including phenoxy) is 1. The van der Waals surface area contributed by atoms with Crippen molar-refractivity contribution in [1.82, 2.24) is 4.90 Å². The smallest absolute Gasteiger partial charge is 0.118 e. The van der Waals surface area contributed by atoms with Gasteiger partial charge in [-0.3, -0.25) is 4.90 Å². The van der Waals surface area contributed by atoms with E-state index in [1.54, 1.807) is 0 Å². The molecule has 1 aromatic heterocycles. The lowest BCUT2D eigenvalue weighted by molar-refractivity contribution is -0.0572. The zero-order valence-corrected chi connectivity index (χ0v) is 13.8. The van der Waals surface area contributed by atoms with Crippen molar-refractivity contribution in [2.24, 2.45) is 5.92 Å². The molecule has 0 saturated heterocycles. The van der Waals surface area contributed by atoms with Gasteiger partial charge >= 0.3 is 0 Å². The van der Waals surface area contributed by atoms with Crippen molar-refractivity contribution in [3.8, 4) is 0 Å². The van der Waals surface area contributed by atoms with Gasteiger partial charge in [0.2, 0.25) is 0 Å². The first-order valence-electron chi connectivity index (χ1n) is 7.91. The number of aliphatic hydroxyl groups is 1. The Morgan fingerprint density at radius 1 is 1.38 bits per heavy atom. The Labute approximate surface area is 128 Å². The summed E-state index contributed by atoms with van der Waals surface area (Å²) in [6, 6.07) is 4.01. The lowest BCUT2D eigenvalue weighted by atomic mass is 10.2. The van der Waals surface area contributed by atoms with Gasteiger partial charge in [-0.25, -0.2) is 0 Å². The zero-order chi connectivity index (χ0) is 15.5. The summed E-state index contributed by atoms with van der Waals surface area (Å²) in [5.41, 5.74) is -0.208. The Balaban J connectivity index is 1.83. The van der Waals surface area contributed by atoms with Crippen molar-refractivity contribution < 1.29 is 14.3 Å². The minimum atomic E-state index is -0.459. The number of rotatable bonds is 8. The van der Waals surface area contributed by atoms with Gasteiger partial charge in [0.15, 0.2) is 0 Å². The lowest BCUT2D eigenvalue weighted by Crippen LogP contribution is -2.37. The van der Waals surface area contributed by atoms with Gasteiger partial charge in [-0.1, -0.05) is 0 Å². The largest absolute Gasteiger partial charge is 0.465 e. The molecule has 4 heteroatoms. The van der Waals surface area contributed by atoms with Crippen LogP contribution in [0.15, 0.2) is 16.5 Å². The highest BCUT2D eigenvalue weighted by molar-refractivity contribution is 5.05. The van der Waals surface area contributed by atoms with E-state index in [1.807, 2.05) is 39.8 Å². The minimum Gasteiger partial charge on any atom is -0.465 e. The molecule has 1 aromatic rings. The van der Waals surface area contributed by atoms with Gasteiger partial charge in [-0.05, 0) is 58.6 Å². The molecule has 1 fully saturated rings. The molecule has 0 bridgehead atoms. The van der Waals surface area contributed by atoms with Crippen LogP contribution in [0, 0.1) is 12.8 Å². The SMILES string of the molecule is Cc1ccc(CN(CC(O)COC(C)(C)C)CC2CC2)o1. The predicted octanol–water partition coefficient (Wildman–Crippen LogP) is 2.98. The Kier molecular flexibility index (Phi) is 5.47. The fraction of sp³-hybridized carbons (Fsp3) is 0.765. The number of hydrogen-bond donors (Lipinski definition) is 1. The Bertz CT molecular complexity index is 431. The van der Waals surface area contributed by atoms with Gasteiger partial charge in [0.25, 0.3) is 0 Å². The quantitative estimate of drug-likeness (QED) is 0.801. The van der Waals surface area contributed by atoms with Crippen molar-refractivity contribution in [3.63, 3.8) is 0 Å². The van der Waals surface area contributed by atoms with Gasteiger partial charge in [0, 0.05) is 13.1 Å². The van der Waals surface area contributed by atoms with Crippen LogP contribution in [0.1, 0.15) is 45.1 Å². The number of aryl methyl sites for hydroxylation is 1. The van der Waals surface area contributed by atoms with Crippen LogP contribution in [0.4, 0.5) is 0 Å². The highest BCUT2D eigenvalue weighted by Crippen LogP contribution is 2.30. The monoisotopic (exact) mass is 295 g/mol. The second-order valence-electron chi connectivity index (χ2n) is 7.23. The number of hydrogen-bond acceptors (Lipinski definition) is 4. The summed E-state index contributed by atoms with van der Waals surface area (Å²) >= 11 is 0. The third-order valence-corrected chi connectivity index (χ3v) is 3.57. The summed E-state index contributed by atoms with van der Waals surface area (Å²) in [7, 11) is 0. The molecular weight excluding hydrogens is 266 g/mol. The number of aliphatic hydroxyl groups excluding tert-OH is 1. The van der Waals surface area contributed by atoms with Crippen molar-refractivity contribution >= 4 is 0 Å². The maximum Gasteiger partial charge on any atom is 0.118 e. The molecule has 1 atom stereocenters. The first-order chi connectivity index (χ1) is 9.82. The highest BCUT2D eigenvalue weighted by Gasteiger charge is 2.26. The maximum atomic E-state index is 10.2. The normalized spacial score (nSPS) is 17.4. The molecule has 1 N–H and O–H groups in total. The van der Waals surface area contributed by atoms with Gasteiger partial charge in [-0.15, -0.1) is 0 Å². The molecule has 2 rings (SSSR count). The van der Waals surface area contributed by atoms with Crippen LogP contribution in [0.2, 0.25) is 0 Å². The fourth-order valence-corrected chi connectivity index (χ4v) is 2.36. The van der Waals surface area contributed by atoms with Crippen LogP contribution in [0.25, 0.3) is 0 Å². The minimum absolute atomic E-state index is 0.208. The Hall–Kier alpha value is -0.840. The maximum absolute atomic E-state index is 10.2. The van der Waals surface area contributed by atoms with E-state index in [4.69, 9.17) is 9.15 Å². The van der Waals surface area contributed by atoms with Crippen molar-refractivity contribution in [2.45, 2.75) is 58.8 Å². The van der Waals surface area contributed by atoms with Crippen LogP contribution in [-0.2, 0) is 11.3 Å². The second kappa shape index (κ2) is 6.95. The van der Waals surface area contributed by atoms with E-state index in [1.165, 1.54) is 12.8 Å². The highest BCUT2D eigenvalue weighted by atomic mass is 16.5. The standard InChI is InChI=1S/C17H29NO3/c1-13-5-8-16(21-13)11-18(9-14-6-7-14)10-15(19)12-20-17(2,3)4/h5,8,14-15,19H,6-7,9-12H2,1-4H3. The van der Waals surface area contributed by atoms with Gasteiger partial charge in [0.05, 0.1) is 24.9 Å². The van der Waals surface area contributed by atoms with Crippen molar-refractivity contribution in [1.29, 1.82) is 0 Å². The van der Waals surface area contributed by atoms with E-state index in [0.29, 0.717) is 13.2 Å².